The Labute approximate surface area is 224 Å². The van der Waals surface area contributed by atoms with Crippen LogP contribution in [0.2, 0.25) is 0 Å². The standard InChI is InChI=1S/C20H26I.C6H4F6O3S/c1-19(2,3)15-11-7-9-13-17(15)21-18-14-10-8-12-16(18)20(4,5)6;7-3-1-2-4(8,16(13,14)15)6(11,12)5(3,9)10/h7-14H,1-6H3;1-3H,(H,13,14,15)/q+1;/p-1. The molecule has 0 heterocycles. The monoisotopic (exact) mass is 662 g/mol. The molecule has 3 nitrogen and oxygen atoms in total. The van der Waals surface area contributed by atoms with Crippen LogP contribution in [0.4, 0.5) is 26.3 Å². The van der Waals surface area contributed by atoms with E-state index < -0.39 is 45.3 Å². The summed E-state index contributed by atoms with van der Waals surface area (Å²) >= 11 is -0.147. The highest BCUT2D eigenvalue weighted by atomic mass is 127. The fraction of sp³-hybridized carbons (Fsp3) is 0.462. The van der Waals surface area contributed by atoms with Crippen LogP contribution < -0.4 is 21.2 Å². The highest BCUT2D eigenvalue weighted by Gasteiger charge is 2.76. The molecule has 1 aliphatic carbocycles. The molecule has 0 spiro atoms. The zero-order valence-corrected chi connectivity index (χ0v) is 24.1. The SMILES string of the molecule is CC(C)(C)c1ccccc1[I+]c1ccccc1C(C)(C)C.O=S(=O)([O-])C1(F)C=CC(F)C(F)(F)C1(F)F. The number of hydrogen-bond donors (Lipinski definition) is 0. The quantitative estimate of drug-likeness (QED) is 0.218. The maximum absolute atomic E-state index is 13.1. The van der Waals surface area contributed by atoms with Crippen molar-refractivity contribution in [1.82, 2.24) is 0 Å². The summed E-state index contributed by atoms with van der Waals surface area (Å²) in [7, 11) is -6.43. The molecule has 0 saturated heterocycles. The average Bonchev–Trinajstić information content (AvgIpc) is 2.75. The van der Waals surface area contributed by atoms with Crippen LogP contribution in [0.15, 0.2) is 60.7 Å². The van der Waals surface area contributed by atoms with Crippen LogP contribution in [0.3, 0.4) is 0 Å². The molecular weight excluding hydrogens is 633 g/mol. The molecule has 0 bridgehead atoms. The zero-order valence-electron chi connectivity index (χ0n) is 21.1. The molecule has 2 aromatic carbocycles. The van der Waals surface area contributed by atoms with Crippen molar-refractivity contribution in [3.63, 3.8) is 0 Å². The highest BCUT2D eigenvalue weighted by molar-refractivity contribution is 7.87. The molecule has 0 radical (unpaired) electrons. The molecule has 0 amide bonds. The molecule has 0 N–H and O–H groups in total. The van der Waals surface area contributed by atoms with Gasteiger partial charge < -0.3 is 4.55 Å². The maximum atomic E-state index is 13.1. The lowest BCUT2D eigenvalue weighted by Crippen LogP contribution is -3.62. The van der Waals surface area contributed by atoms with Crippen molar-refractivity contribution in [1.29, 1.82) is 0 Å². The number of rotatable bonds is 3. The minimum Gasteiger partial charge on any atom is -0.745 e. The second-order valence-corrected chi connectivity index (χ2v) is 15.0. The van der Waals surface area contributed by atoms with Crippen LogP contribution >= 0.6 is 0 Å². The van der Waals surface area contributed by atoms with Gasteiger partial charge in [0.05, 0.1) is 0 Å². The molecule has 2 unspecified atom stereocenters. The number of allylic oxidation sites excluding steroid dienone is 1. The first kappa shape index (κ1) is 31.6. The van der Waals surface area contributed by atoms with E-state index in [0.29, 0.717) is 0 Å². The summed E-state index contributed by atoms with van der Waals surface area (Å²) in [5, 5.41) is -5.16. The third kappa shape index (κ3) is 6.35. The third-order valence-corrected chi connectivity index (χ3v) is 9.77. The minimum absolute atomic E-state index is 0.147. The average molecular weight is 662 g/mol. The van der Waals surface area contributed by atoms with Gasteiger partial charge in [-0.3, -0.25) is 0 Å². The van der Waals surface area contributed by atoms with Gasteiger partial charge in [0, 0.05) is 11.1 Å². The Kier molecular flexibility index (Phi) is 8.99. The first-order chi connectivity index (χ1) is 16.6. The summed E-state index contributed by atoms with van der Waals surface area (Å²) in [5.74, 6) is -11.6. The van der Waals surface area contributed by atoms with Gasteiger partial charge in [-0.25, -0.2) is 17.2 Å². The van der Waals surface area contributed by atoms with Crippen LogP contribution in [0.5, 0.6) is 0 Å². The number of halogens is 7. The van der Waals surface area contributed by atoms with Gasteiger partial charge in [-0.15, -0.1) is 0 Å². The van der Waals surface area contributed by atoms with Crippen molar-refractivity contribution >= 4 is 10.1 Å². The lowest BCUT2D eigenvalue weighted by Gasteiger charge is -2.40. The Balaban J connectivity index is 0.000000271. The van der Waals surface area contributed by atoms with Gasteiger partial charge in [-0.2, -0.15) is 17.6 Å². The molecule has 0 saturated carbocycles. The maximum Gasteiger partial charge on any atom is 0.363 e. The zero-order chi connectivity index (χ0) is 28.7. The summed E-state index contributed by atoms with van der Waals surface area (Å²) in [6.07, 6.45) is -4.70. The van der Waals surface area contributed by atoms with Crippen LogP contribution in [0, 0.1) is 7.14 Å². The topological polar surface area (TPSA) is 57.2 Å². The fourth-order valence-corrected chi connectivity index (χ4v) is 8.14. The Morgan fingerprint density at radius 1 is 0.784 bits per heavy atom. The largest absolute Gasteiger partial charge is 0.745 e. The lowest BCUT2D eigenvalue weighted by atomic mass is 9.87. The van der Waals surface area contributed by atoms with Gasteiger partial charge in [-0.05, 0) is 35.1 Å². The van der Waals surface area contributed by atoms with Gasteiger partial charge >= 0.3 is 33.1 Å². The van der Waals surface area contributed by atoms with Crippen molar-refractivity contribution in [2.24, 2.45) is 0 Å². The molecule has 206 valence electrons. The van der Waals surface area contributed by atoms with E-state index in [-0.39, 0.29) is 32.0 Å². The molecule has 37 heavy (non-hydrogen) atoms. The van der Waals surface area contributed by atoms with Gasteiger partial charge in [0.25, 0.3) is 5.00 Å². The molecule has 1 aliphatic rings. The van der Waals surface area contributed by atoms with Crippen LogP contribution in [0.25, 0.3) is 0 Å². The molecule has 11 heteroatoms. The van der Waals surface area contributed by atoms with Crippen LogP contribution in [-0.4, -0.2) is 36.0 Å². The summed E-state index contributed by atoms with van der Waals surface area (Å²) in [6, 6.07) is 18.0. The van der Waals surface area contributed by atoms with Gasteiger partial charge in [-0.1, -0.05) is 77.9 Å². The van der Waals surface area contributed by atoms with E-state index >= 15 is 0 Å². The van der Waals surface area contributed by atoms with E-state index in [9.17, 15) is 39.3 Å². The predicted molar refractivity (Wildman–Crippen MR) is 125 cm³/mol. The summed E-state index contributed by atoms with van der Waals surface area (Å²) in [6.45, 7) is 13.9. The van der Waals surface area contributed by atoms with E-state index in [4.69, 9.17) is 0 Å². The summed E-state index contributed by atoms with van der Waals surface area (Å²) in [4.78, 5) is 0. The van der Waals surface area contributed by atoms with Crippen molar-refractivity contribution < 1.29 is 60.5 Å². The molecule has 3 rings (SSSR count). The minimum atomic E-state index is -6.43. The predicted octanol–water partition coefficient (Wildman–Crippen LogP) is 3.79. The third-order valence-electron chi connectivity index (χ3n) is 5.60. The molecule has 0 aromatic heterocycles. The Bertz CT molecular complexity index is 1190. The van der Waals surface area contributed by atoms with Crippen molar-refractivity contribution in [2.75, 3.05) is 0 Å². The Hall–Kier alpha value is -1.60. The van der Waals surface area contributed by atoms with E-state index in [1.807, 2.05) is 0 Å². The first-order valence-corrected chi connectivity index (χ1v) is 14.7. The first-order valence-electron chi connectivity index (χ1n) is 11.1. The van der Waals surface area contributed by atoms with E-state index in [0.717, 1.165) is 0 Å². The van der Waals surface area contributed by atoms with Gasteiger partial charge in [0.15, 0.2) is 13.3 Å². The van der Waals surface area contributed by atoms with E-state index in [1.165, 1.54) is 11.1 Å². The molecular formula is C26H29F6IO3S. The number of benzene rings is 2. The highest BCUT2D eigenvalue weighted by Crippen LogP contribution is 2.53. The molecule has 2 aromatic rings. The fourth-order valence-electron chi connectivity index (χ4n) is 3.49. The second-order valence-electron chi connectivity index (χ2n) is 10.6. The van der Waals surface area contributed by atoms with Gasteiger partial charge in [0.2, 0.25) is 0 Å². The molecule has 2 atom stereocenters. The number of alkyl halides is 6. The van der Waals surface area contributed by atoms with Crippen molar-refractivity contribution in [3.05, 3.63) is 79.0 Å². The molecule has 0 aliphatic heterocycles. The van der Waals surface area contributed by atoms with Crippen molar-refractivity contribution in [3.8, 4) is 0 Å². The lowest BCUT2D eigenvalue weighted by molar-refractivity contribution is -0.599. The Morgan fingerprint density at radius 2 is 1.16 bits per heavy atom. The molecule has 0 fully saturated rings. The van der Waals surface area contributed by atoms with E-state index in [1.54, 1.807) is 7.14 Å². The van der Waals surface area contributed by atoms with Gasteiger partial charge in [0.1, 0.15) is 10.1 Å². The summed E-state index contributed by atoms with van der Waals surface area (Å²) < 4.78 is 110. The number of hydrogen-bond acceptors (Lipinski definition) is 3. The normalized spacial score (nSPS) is 23.2. The Morgan fingerprint density at radius 3 is 1.51 bits per heavy atom. The van der Waals surface area contributed by atoms with Crippen LogP contribution in [-0.2, 0) is 20.9 Å². The van der Waals surface area contributed by atoms with Crippen molar-refractivity contribution in [2.45, 2.75) is 75.4 Å². The smallest absolute Gasteiger partial charge is 0.363 e. The van der Waals surface area contributed by atoms with E-state index in [2.05, 4.69) is 90.1 Å². The summed E-state index contributed by atoms with van der Waals surface area (Å²) in [5.41, 5.74) is 3.43. The van der Waals surface area contributed by atoms with Crippen LogP contribution in [0.1, 0.15) is 52.7 Å². The second kappa shape index (κ2) is 10.5.